The van der Waals surface area contributed by atoms with Gasteiger partial charge in [-0.3, -0.25) is 0 Å². The van der Waals surface area contributed by atoms with Gasteiger partial charge in [0.1, 0.15) is 0 Å². The van der Waals surface area contributed by atoms with Crippen LogP contribution >= 0.6 is 11.6 Å². The van der Waals surface area contributed by atoms with E-state index in [-0.39, 0.29) is 29.9 Å². The molecule has 0 bridgehead atoms. The molecule has 1 aromatic heterocycles. The Labute approximate surface area is 189 Å². The number of esters is 1. The van der Waals surface area contributed by atoms with Gasteiger partial charge in [0.2, 0.25) is 0 Å². The molecule has 1 aliphatic rings. The highest BCUT2D eigenvalue weighted by atomic mass is 35.5. The molecule has 0 N–H and O–H groups in total. The van der Waals surface area contributed by atoms with Crippen LogP contribution in [0.5, 0.6) is 0 Å². The number of carbonyl (C=O) groups excluding carboxylic acids is 2. The van der Waals surface area contributed by atoms with Crippen molar-refractivity contribution in [2.24, 2.45) is 5.92 Å². The van der Waals surface area contributed by atoms with E-state index in [4.69, 9.17) is 16.3 Å². The standard InChI is InChI=1S/C24H32ClN3O3/c1-6-31-23(29)20-11-12-28(16(2)3)22(20)21(18-7-9-19(25)10-8-18)13-17-14-26(4)24(30)27(5)15-17/h7-12,16-17,21H,6,13-15H2,1-5H3. The summed E-state index contributed by atoms with van der Waals surface area (Å²) in [6.07, 6.45) is 2.77. The number of carbonyl (C=O) groups is 2. The second kappa shape index (κ2) is 9.77. The van der Waals surface area contributed by atoms with Crippen LogP contribution in [-0.2, 0) is 4.74 Å². The molecule has 2 heterocycles. The molecule has 2 amide bonds. The molecule has 1 atom stereocenters. The molecule has 6 nitrogen and oxygen atoms in total. The van der Waals surface area contributed by atoms with E-state index in [1.165, 1.54) is 0 Å². The third-order valence-electron chi connectivity index (χ3n) is 5.90. The molecular weight excluding hydrogens is 414 g/mol. The summed E-state index contributed by atoms with van der Waals surface area (Å²) in [5.74, 6) is -0.0723. The highest BCUT2D eigenvalue weighted by molar-refractivity contribution is 6.30. The summed E-state index contributed by atoms with van der Waals surface area (Å²) in [6, 6.07) is 9.92. The zero-order valence-corrected chi connectivity index (χ0v) is 19.7. The summed E-state index contributed by atoms with van der Waals surface area (Å²) in [6.45, 7) is 7.74. The van der Waals surface area contributed by atoms with Crippen LogP contribution in [0.15, 0.2) is 36.5 Å². The van der Waals surface area contributed by atoms with Gasteiger partial charge in [-0.25, -0.2) is 9.59 Å². The van der Waals surface area contributed by atoms with E-state index >= 15 is 0 Å². The summed E-state index contributed by atoms with van der Waals surface area (Å²) < 4.78 is 7.53. The lowest BCUT2D eigenvalue weighted by Gasteiger charge is -2.38. The van der Waals surface area contributed by atoms with Crippen LogP contribution in [0.2, 0.25) is 5.02 Å². The van der Waals surface area contributed by atoms with Crippen LogP contribution < -0.4 is 0 Å². The van der Waals surface area contributed by atoms with Gasteiger partial charge in [-0.15, -0.1) is 0 Å². The van der Waals surface area contributed by atoms with Crippen molar-refractivity contribution in [3.8, 4) is 0 Å². The largest absolute Gasteiger partial charge is 0.462 e. The Morgan fingerprint density at radius 3 is 2.29 bits per heavy atom. The van der Waals surface area contributed by atoms with Gasteiger partial charge in [0.05, 0.1) is 12.2 Å². The number of aromatic nitrogens is 1. The van der Waals surface area contributed by atoms with Crippen LogP contribution in [0.4, 0.5) is 4.79 Å². The van der Waals surface area contributed by atoms with Crippen molar-refractivity contribution in [2.45, 2.75) is 39.2 Å². The second-order valence-corrected chi connectivity index (χ2v) is 9.02. The van der Waals surface area contributed by atoms with Crippen molar-refractivity contribution < 1.29 is 14.3 Å². The Morgan fingerprint density at radius 1 is 1.13 bits per heavy atom. The lowest BCUT2D eigenvalue weighted by Crippen LogP contribution is -2.50. The molecule has 0 saturated carbocycles. The molecule has 3 rings (SSSR count). The topological polar surface area (TPSA) is 54.8 Å². The van der Waals surface area contributed by atoms with Gasteiger partial charge in [0.15, 0.2) is 0 Å². The van der Waals surface area contributed by atoms with E-state index in [2.05, 4.69) is 18.4 Å². The summed E-state index contributed by atoms with van der Waals surface area (Å²) in [7, 11) is 3.67. The fourth-order valence-electron chi connectivity index (χ4n) is 4.52. The molecule has 1 aliphatic heterocycles. The van der Waals surface area contributed by atoms with E-state index in [1.807, 2.05) is 57.5 Å². The number of urea groups is 1. The van der Waals surface area contributed by atoms with Crippen molar-refractivity contribution in [3.63, 3.8) is 0 Å². The van der Waals surface area contributed by atoms with Crippen molar-refractivity contribution in [3.05, 3.63) is 58.4 Å². The Balaban J connectivity index is 2.07. The molecule has 7 heteroatoms. The molecule has 2 aromatic rings. The summed E-state index contributed by atoms with van der Waals surface area (Å²) in [5.41, 5.74) is 2.65. The molecule has 1 unspecified atom stereocenters. The van der Waals surface area contributed by atoms with Gasteiger partial charge in [0.25, 0.3) is 0 Å². The van der Waals surface area contributed by atoms with Crippen LogP contribution in [0.3, 0.4) is 0 Å². The number of nitrogens with zero attached hydrogens (tertiary/aromatic N) is 3. The number of hydrogen-bond acceptors (Lipinski definition) is 3. The van der Waals surface area contributed by atoms with E-state index in [0.717, 1.165) is 17.7 Å². The average Bonchev–Trinajstić information content (AvgIpc) is 3.16. The first-order valence-corrected chi connectivity index (χ1v) is 11.2. The molecule has 168 valence electrons. The molecule has 1 saturated heterocycles. The Hall–Kier alpha value is -2.47. The predicted octanol–water partition coefficient (Wildman–Crippen LogP) is 5.03. The van der Waals surface area contributed by atoms with E-state index in [1.54, 1.807) is 9.80 Å². The average molecular weight is 446 g/mol. The number of amides is 2. The van der Waals surface area contributed by atoms with E-state index in [0.29, 0.717) is 30.3 Å². The quantitative estimate of drug-likeness (QED) is 0.561. The van der Waals surface area contributed by atoms with Gasteiger partial charge in [-0.2, -0.15) is 0 Å². The van der Waals surface area contributed by atoms with Crippen molar-refractivity contribution >= 4 is 23.6 Å². The van der Waals surface area contributed by atoms with Crippen LogP contribution in [-0.4, -0.2) is 60.2 Å². The molecular formula is C24H32ClN3O3. The summed E-state index contributed by atoms with van der Waals surface area (Å²) in [4.78, 5) is 28.6. The molecule has 0 aliphatic carbocycles. The Morgan fingerprint density at radius 2 is 1.74 bits per heavy atom. The smallest absolute Gasteiger partial charge is 0.339 e. The summed E-state index contributed by atoms with van der Waals surface area (Å²) >= 11 is 6.16. The predicted molar refractivity (Wildman–Crippen MR) is 123 cm³/mol. The number of benzene rings is 1. The highest BCUT2D eigenvalue weighted by Crippen LogP contribution is 2.37. The van der Waals surface area contributed by atoms with Gasteiger partial charge >= 0.3 is 12.0 Å². The number of rotatable bonds is 7. The van der Waals surface area contributed by atoms with Crippen LogP contribution in [0, 0.1) is 5.92 Å². The lowest BCUT2D eigenvalue weighted by atomic mass is 9.83. The van der Waals surface area contributed by atoms with E-state index < -0.39 is 0 Å². The highest BCUT2D eigenvalue weighted by Gasteiger charge is 2.33. The zero-order chi connectivity index (χ0) is 22.7. The molecule has 1 fully saturated rings. The van der Waals surface area contributed by atoms with Gasteiger partial charge in [0, 0.05) is 56.1 Å². The SMILES string of the molecule is CCOC(=O)c1ccn(C(C)C)c1C(CC1CN(C)C(=O)N(C)C1)c1ccc(Cl)cc1. The normalized spacial score (nSPS) is 16.2. The second-order valence-electron chi connectivity index (χ2n) is 8.59. The molecule has 31 heavy (non-hydrogen) atoms. The Kier molecular flexibility index (Phi) is 7.31. The van der Waals surface area contributed by atoms with Crippen molar-refractivity contribution in [2.75, 3.05) is 33.8 Å². The first kappa shape index (κ1) is 23.2. The minimum atomic E-state index is -0.302. The fourth-order valence-corrected chi connectivity index (χ4v) is 4.65. The number of halogens is 1. The van der Waals surface area contributed by atoms with Crippen LogP contribution in [0.1, 0.15) is 60.8 Å². The molecule has 1 aromatic carbocycles. The van der Waals surface area contributed by atoms with Gasteiger partial charge in [-0.05, 0) is 56.9 Å². The number of ether oxygens (including phenoxy) is 1. The molecule has 0 radical (unpaired) electrons. The van der Waals surface area contributed by atoms with Gasteiger partial charge in [-0.1, -0.05) is 23.7 Å². The third kappa shape index (κ3) is 5.06. The maximum absolute atomic E-state index is 12.8. The lowest BCUT2D eigenvalue weighted by molar-refractivity contribution is 0.0524. The third-order valence-corrected chi connectivity index (χ3v) is 6.15. The minimum Gasteiger partial charge on any atom is -0.462 e. The van der Waals surface area contributed by atoms with Crippen molar-refractivity contribution in [1.29, 1.82) is 0 Å². The molecule has 0 spiro atoms. The Bertz CT molecular complexity index is 909. The maximum Gasteiger partial charge on any atom is 0.339 e. The maximum atomic E-state index is 12.8. The van der Waals surface area contributed by atoms with Crippen LogP contribution in [0.25, 0.3) is 0 Å². The van der Waals surface area contributed by atoms with E-state index in [9.17, 15) is 9.59 Å². The van der Waals surface area contributed by atoms with Gasteiger partial charge < -0.3 is 19.1 Å². The number of hydrogen-bond donors (Lipinski definition) is 0. The van der Waals surface area contributed by atoms with Crippen molar-refractivity contribution in [1.82, 2.24) is 14.4 Å². The zero-order valence-electron chi connectivity index (χ0n) is 19.0. The monoisotopic (exact) mass is 445 g/mol. The first-order chi connectivity index (χ1) is 14.7. The minimum absolute atomic E-state index is 0.0333. The fraction of sp³-hybridized carbons (Fsp3) is 0.500. The first-order valence-electron chi connectivity index (χ1n) is 10.8. The summed E-state index contributed by atoms with van der Waals surface area (Å²) in [5, 5.41) is 0.676.